The third-order valence-electron chi connectivity index (χ3n) is 0.432. The van der Waals surface area contributed by atoms with Crippen LogP contribution in [-0.4, -0.2) is 13.5 Å². The molecule has 9 heavy (non-hydrogen) atoms. The third-order valence-corrected chi connectivity index (χ3v) is 3.20. The van der Waals surface area contributed by atoms with Crippen LogP contribution < -0.4 is 0 Å². The average Bonchev–Trinajstić information content (AvgIpc) is 1.64. The molecule has 0 radical (unpaired) electrons. The zero-order valence-electron chi connectivity index (χ0n) is 4.04. The van der Waals surface area contributed by atoms with Crippen LogP contribution in [0.2, 0.25) is 0 Å². The Labute approximate surface area is 86.8 Å². The maximum absolute atomic E-state index is 5.40. The molecule has 0 aliphatic rings. The van der Waals surface area contributed by atoms with Crippen LogP contribution in [0.5, 0.6) is 0 Å². The summed E-state index contributed by atoms with van der Waals surface area (Å²) in [6, 6.07) is 0.117. The number of halogens is 5. The van der Waals surface area contributed by atoms with Crippen molar-refractivity contribution in [2.45, 2.75) is 3.79 Å². The van der Waals surface area contributed by atoms with Gasteiger partial charge in [-0.2, -0.15) is 0 Å². The molecule has 0 unspecified atom stereocenters. The van der Waals surface area contributed by atoms with Gasteiger partial charge in [0.15, 0.2) is 0 Å². The van der Waals surface area contributed by atoms with Crippen LogP contribution in [0.1, 0.15) is 0 Å². The number of aliphatic imine (C=N–C) groups is 1. The summed E-state index contributed by atoms with van der Waals surface area (Å²) in [4.78, 5) is 3.67. The molecule has 6 heteroatoms. The predicted molar refractivity (Wildman–Crippen MR) is 52.5 cm³/mol. The van der Waals surface area contributed by atoms with Gasteiger partial charge < -0.3 is 0 Å². The molecule has 54 valence electrons. The van der Waals surface area contributed by atoms with Gasteiger partial charge in [-0.1, -0.05) is 34.8 Å². The van der Waals surface area contributed by atoms with Gasteiger partial charge in [0.1, 0.15) is 9.72 Å². The summed E-state index contributed by atoms with van der Waals surface area (Å²) in [6.45, 7) is 0. The van der Waals surface area contributed by atoms with Crippen LogP contribution in [0.3, 0.4) is 0 Å². The molecule has 0 atom stereocenters. The lowest BCUT2D eigenvalue weighted by Crippen LogP contribution is -2.11. The van der Waals surface area contributed by atoms with Gasteiger partial charge in [-0.15, -0.1) is 11.6 Å². The second-order valence-corrected chi connectivity index (χ2v) is 4.61. The number of hydrogen-bond acceptors (Lipinski definition) is 1. The Morgan fingerprint density at radius 3 is 2.00 bits per heavy atom. The first-order valence-corrected chi connectivity index (χ1v) is 4.56. The standard InChI is InChI=1S/C3H2Cl4IN/c4-1-9-2(8)3(5,6)7/h1H2/b9-2-. The molecule has 0 rings (SSSR count). The average molecular weight is 321 g/mol. The van der Waals surface area contributed by atoms with Crippen molar-refractivity contribution in [1.29, 1.82) is 0 Å². The van der Waals surface area contributed by atoms with E-state index in [1.165, 1.54) is 0 Å². The number of nitrogens with zero attached hydrogens (tertiary/aromatic N) is 1. The Kier molecular flexibility index (Phi) is 5.21. The van der Waals surface area contributed by atoms with Crippen molar-refractivity contribution < 1.29 is 0 Å². The highest BCUT2D eigenvalue weighted by molar-refractivity contribution is 14.1. The van der Waals surface area contributed by atoms with Crippen molar-refractivity contribution in [3.8, 4) is 0 Å². The first-order chi connectivity index (χ1) is 3.98. The van der Waals surface area contributed by atoms with Crippen molar-refractivity contribution in [2.75, 3.05) is 6.00 Å². The minimum atomic E-state index is -1.42. The summed E-state index contributed by atoms with van der Waals surface area (Å²) >= 11 is 23.2. The normalized spacial score (nSPS) is 14.1. The molecule has 0 spiro atoms. The summed E-state index contributed by atoms with van der Waals surface area (Å²) in [7, 11) is 0. The van der Waals surface area contributed by atoms with Crippen LogP contribution >= 0.6 is 69.0 Å². The summed E-state index contributed by atoms with van der Waals surface area (Å²) in [5.74, 6) is 0. The Morgan fingerprint density at radius 1 is 1.44 bits per heavy atom. The van der Waals surface area contributed by atoms with E-state index in [2.05, 4.69) is 4.99 Å². The Hall–Kier alpha value is 1.56. The van der Waals surface area contributed by atoms with Gasteiger partial charge in [-0.05, 0) is 22.6 Å². The molecule has 0 N–H and O–H groups in total. The molecular formula is C3H2Cl4IN. The lowest BCUT2D eigenvalue weighted by Gasteiger charge is -2.06. The molecule has 0 saturated heterocycles. The van der Waals surface area contributed by atoms with Gasteiger partial charge in [-0.25, -0.2) is 0 Å². The lowest BCUT2D eigenvalue weighted by molar-refractivity contribution is 1.35. The van der Waals surface area contributed by atoms with Crippen molar-refractivity contribution >= 4 is 72.7 Å². The van der Waals surface area contributed by atoms with E-state index in [1.807, 2.05) is 22.6 Å². The van der Waals surface area contributed by atoms with E-state index in [0.717, 1.165) is 0 Å². The zero-order valence-corrected chi connectivity index (χ0v) is 9.23. The van der Waals surface area contributed by atoms with Crippen LogP contribution in [0.25, 0.3) is 0 Å². The largest absolute Gasteiger partial charge is 0.263 e. The smallest absolute Gasteiger partial charge is 0.237 e. The Balaban J connectivity index is 4.03. The van der Waals surface area contributed by atoms with E-state index in [0.29, 0.717) is 3.72 Å². The van der Waals surface area contributed by atoms with E-state index in [9.17, 15) is 0 Å². The van der Waals surface area contributed by atoms with E-state index < -0.39 is 3.79 Å². The van der Waals surface area contributed by atoms with Crippen LogP contribution in [0.15, 0.2) is 4.99 Å². The van der Waals surface area contributed by atoms with Crippen LogP contribution in [0, 0.1) is 0 Å². The minimum absolute atomic E-state index is 0.117. The molecule has 1 nitrogen and oxygen atoms in total. The number of rotatable bonds is 1. The highest BCUT2D eigenvalue weighted by Crippen LogP contribution is 2.30. The molecule has 0 bridgehead atoms. The maximum atomic E-state index is 5.40. The number of alkyl halides is 4. The van der Waals surface area contributed by atoms with E-state index in [-0.39, 0.29) is 6.00 Å². The second-order valence-electron chi connectivity index (χ2n) is 1.07. The monoisotopic (exact) mass is 319 g/mol. The molecule has 0 saturated carbocycles. The van der Waals surface area contributed by atoms with Gasteiger partial charge in [0.05, 0.1) is 0 Å². The highest BCUT2D eigenvalue weighted by atomic mass is 127. The summed E-state index contributed by atoms with van der Waals surface area (Å²) < 4.78 is -1.05. The lowest BCUT2D eigenvalue weighted by atomic mass is 10.8. The highest BCUT2D eigenvalue weighted by Gasteiger charge is 2.24. The van der Waals surface area contributed by atoms with E-state index in [1.54, 1.807) is 0 Å². The van der Waals surface area contributed by atoms with Crippen LogP contribution in [0.4, 0.5) is 0 Å². The van der Waals surface area contributed by atoms with Crippen molar-refractivity contribution in [1.82, 2.24) is 0 Å². The van der Waals surface area contributed by atoms with Gasteiger partial charge in [-0.3, -0.25) is 4.99 Å². The summed E-state index contributed by atoms with van der Waals surface area (Å²) in [6.07, 6.45) is 0. The fourth-order valence-electron chi connectivity index (χ4n) is 0.142. The molecule has 0 heterocycles. The molecule has 0 amide bonds. The summed E-state index contributed by atoms with van der Waals surface area (Å²) in [5.41, 5.74) is 0. The second kappa shape index (κ2) is 4.44. The molecular weight excluding hydrogens is 319 g/mol. The zero-order chi connectivity index (χ0) is 7.49. The topological polar surface area (TPSA) is 12.4 Å². The predicted octanol–water partition coefficient (Wildman–Crippen LogP) is 3.39. The van der Waals surface area contributed by atoms with Gasteiger partial charge >= 0.3 is 0 Å². The quantitative estimate of drug-likeness (QED) is 0.304. The maximum Gasteiger partial charge on any atom is 0.237 e. The molecule has 0 aromatic heterocycles. The van der Waals surface area contributed by atoms with Gasteiger partial charge in [0.25, 0.3) is 0 Å². The van der Waals surface area contributed by atoms with E-state index >= 15 is 0 Å². The molecule has 0 fully saturated rings. The molecule has 0 aliphatic carbocycles. The Bertz CT molecular complexity index is 117. The van der Waals surface area contributed by atoms with E-state index in [4.69, 9.17) is 46.4 Å². The SMILES string of the molecule is ClC/N=C(\I)C(Cl)(Cl)Cl. The van der Waals surface area contributed by atoms with Gasteiger partial charge in [0, 0.05) is 0 Å². The number of hydrogen-bond donors (Lipinski definition) is 0. The fourth-order valence-corrected chi connectivity index (χ4v) is 0.813. The first-order valence-electron chi connectivity index (χ1n) is 1.81. The van der Waals surface area contributed by atoms with Crippen molar-refractivity contribution in [3.63, 3.8) is 0 Å². The summed E-state index contributed by atoms with van der Waals surface area (Å²) in [5, 5.41) is 0. The molecule has 0 aromatic carbocycles. The third kappa shape index (κ3) is 4.90. The minimum Gasteiger partial charge on any atom is -0.263 e. The molecule has 0 aliphatic heterocycles. The van der Waals surface area contributed by atoms with Crippen LogP contribution in [-0.2, 0) is 0 Å². The fraction of sp³-hybridized carbons (Fsp3) is 0.667. The van der Waals surface area contributed by atoms with Crippen molar-refractivity contribution in [3.05, 3.63) is 0 Å². The molecule has 0 aromatic rings. The van der Waals surface area contributed by atoms with Gasteiger partial charge in [0.2, 0.25) is 3.79 Å². The Morgan fingerprint density at radius 2 is 1.89 bits per heavy atom. The first kappa shape index (κ1) is 10.6. The van der Waals surface area contributed by atoms with Crippen molar-refractivity contribution in [2.24, 2.45) is 4.99 Å².